The Morgan fingerprint density at radius 3 is 2.00 bits per heavy atom. The van der Waals surface area contributed by atoms with Crippen molar-refractivity contribution >= 4 is 0 Å². The summed E-state index contributed by atoms with van der Waals surface area (Å²) in [6.07, 6.45) is 6.72. The zero-order valence-corrected chi connectivity index (χ0v) is 7.56. The second-order valence-corrected chi connectivity index (χ2v) is 4.39. The van der Waals surface area contributed by atoms with E-state index in [1.165, 1.54) is 12.8 Å². The van der Waals surface area contributed by atoms with Gasteiger partial charge in [0.15, 0.2) is 0 Å². The first-order chi connectivity index (χ1) is 5.77. The third kappa shape index (κ3) is 1.26. The molecule has 2 heteroatoms. The highest BCUT2D eigenvalue weighted by molar-refractivity contribution is 5.01. The molecule has 0 aromatic rings. The van der Waals surface area contributed by atoms with Crippen LogP contribution in [-0.2, 0) is 0 Å². The predicted octanol–water partition coefficient (Wildman–Crippen LogP) is 2.25. The minimum atomic E-state index is -0.990. The Labute approximate surface area is 73.5 Å². The van der Waals surface area contributed by atoms with Gasteiger partial charge in [0.25, 0.3) is 0 Å². The number of alkyl halides is 1. The molecule has 12 heavy (non-hydrogen) atoms. The summed E-state index contributed by atoms with van der Waals surface area (Å²) >= 11 is 0. The molecule has 70 valence electrons. The van der Waals surface area contributed by atoms with Gasteiger partial charge >= 0.3 is 0 Å². The minimum absolute atomic E-state index is 0.252. The summed E-state index contributed by atoms with van der Waals surface area (Å²) in [7, 11) is 0. The Morgan fingerprint density at radius 1 is 1.08 bits per heavy atom. The maximum absolute atomic E-state index is 14.3. The van der Waals surface area contributed by atoms with Gasteiger partial charge in [0.1, 0.15) is 5.67 Å². The summed E-state index contributed by atoms with van der Waals surface area (Å²) < 4.78 is 14.3. The normalized spacial score (nSPS) is 30.5. The van der Waals surface area contributed by atoms with E-state index in [0.29, 0.717) is 5.92 Å². The molecule has 0 aromatic heterocycles. The zero-order chi connectivity index (χ0) is 8.60. The first-order valence-corrected chi connectivity index (χ1v) is 5.16. The number of hydrogen-bond acceptors (Lipinski definition) is 1. The fraction of sp³-hybridized carbons (Fsp3) is 1.00. The predicted molar refractivity (Wildman–Crippen MR) is 47.6 cm³/mol. The Kier molecular flexibility index (Phi) is 2.11. The van der Waals surface area contributed by atoms with E-state index in [-0.39, 0.29) is 12.5 Å². The Balaban J connectivity index is 2.03. The summed E-state index contributed by atoms with van der Waals surface area (Å²) in [6.45, 7) is 0.252. The highest BCUT2D eigenvalue weighted by Gasteiger charge is 2.50. The SMILES string of the molecule is NCC(F)(C1CCCC1)C1CC1. The standard InChI is InChI=1S/C10H18FN/c11-10(7-12,9-5-6-9)8-3-1-2-4-8/h8-9H,1-7,12H2. The summed E-state index contributed by atoms with van der Waals surface area (Å²) in [4.78, 5) is 0. The molecule has 2 fully saturated rings. The molecule has 0 heterocycles. The Hall–Kier alpha value is -0.110. The largest absolute Gasteiger partial charge is 0.328 e. The maximum Gasteiger partial charge on any atom is 0.128 e. The first kappa shape index (κ1) is 8.49. The third-order valence-corrected chi connectivity index (χ3v) is 3.60. The van der Waals surface area contributed by atoms with Crippen LogP contribution in [0.5, 0.6) is 0 Å². The molecule has 2 aliphatic rings. The quantitative estimate of drug-likeness (QED) is 0.692. The zero-order valence-electron chi connectivity index (χ0n) is 7.56. The topological polar surface area (TPSA) is 26.0 Å². The van der Waals surface area contributed by atoms with E-state index in [1.807, 2.05) is 0 Å². The van der Waals surface area contributed by atoms with Gasteiger partial charge in [-0.2, -0.15) is 0 Å². The van der Waals surface area contributed by atoms with Crippen molar-refractivity contribution in [2.45, 2.75) is 44.2 Å². The van der Waals surface area contributed by atoms with Crippen LogP contribution in [0.4, 0.5) is 4.39 Å². The molecule has 1 nitrogen and oxygen atoms in total. The van der Waals surface area contributed by atoms with Crippen LogP contribution in [0.2, 0.25) is 0 Å². The monoisotopic (exact) mass is 171 g/mol. The average Bonchev–Trinajstić information content (AvgIpc) is 2.80. The molecule has 0 radical (unpaired) electrons. The van der Waals surface area contributed by atoms with Gasteiger partial charge in [-0.15, -0.1) is 0 Å². The van der Waals surface area contributed by atoms with Crippen LogP contribution in [0.15, 0.2) is 0 Å². The molecule has 0 saturated heterocycles. The Bertz CT molecular complexity index is 161. The summed E-state index contributed by atoms with van der Waals surface area (Å²) in [5.41, 5.74) is 4.56. The van der Waals surface area contributed by atoms with Gasteiger partial charge in [-0.05, 0) is 37.5 Å². The molecule has 0 bridgehead atoms. The van der Waals surface area contributed by atoms with E-state index in [9.17, 15) is 4.39 Å². The van der Waals surface area contributed by atoms with Gasteiger partial charge in [-0.1, -0.05) is 12.8 Å². The molecular weight excluding hydrogens is 153 g/mol. The van der Waals surface area contributed by atoms with Gasteiger partial charge in [0.2, 0.25) is 0 Å². The van der Waals surface area contributed by atoms with Gasteiger partial charge in [0.05, 0.1) is 0 Å². The molecule has 2 rings (SSSR count). The van der Waals surface area contributed by atoms with E-state index in [0.717, 1.165) is 25.7 Å². The molecular formula is C10H18FN. The van der Waals surface area contributed by atoms with Crippen molar-refractivity contribution in [3.05, 3.63) is 0 Å². The van der Waals surface area contributed by atoms with Gasteiger partial charge < -0.3 is 5.73 Å². The van der Waals surface area contributed by atoms with Crippen molar-refractivity contribution in [2.75, 3.05) is 6.54 Å². The molecule has 1 atom stereocenters. The summed E-state index contributed by atoms with van der Waals surface area (Å²) in [5, 5.41) is 0. The molecule has 2 saturated carbocycles. The maximum atomic E-state index is 14.3. The fourth-order valence-corrected chi connectivity index (χ4v) is 2.64. The van der Waals surface area contributed by atoms with Crippen molar-refractivity contribution in [1.29, 1.82) is 0 Å². The molecule has 1 unspecified atom stereocenters. The minimum Gasteiger partial charge on any atom is -0.328 e. The molecule has 2 aliphatic carbocycles. The lowest BCUT2D eigenvalue weighted by Crippen LogP contribution is -2.41. The first-order valence-electron chi connectivity index (χ1n) is 5.16. The van der Waals surface area contributed by atoms with Gasteiger partial charge in [-0.25, -0.2) is 4.39 Å². The van der Waals surface area contributed by atoms with Crippen molar-refractivity contribution in [1.82, 2.24) is 0 Å². The molecule has 0 amide bonds. The van der Waals surface area contributed by atoms with E-state index in [2.05, 4.69) is 0 Å². The van der Waals surface area contributed by atoms with E-state index < -0.39 is 5.67 Å². The van der Waals surface area contributed by atoms with Crippen molar-refractivity contribution < 1.29 is 4.39 Å². The molecule has 2 N–H and O–H groups in total. The smallest absolute Gasteiger partial charge is 0.128 e. The molecule has 0 aliphatic heterocycles. The summed E-state index contributed by atoms with van der Waals surface area (Å²) in [5.74, 6) is 0.598. The van der Waals surface area contributed by atoms with Crippen LogP contribution >= 0.6 is 0 Å². The van der Waals surface area contributed by atoms with E-state index in [1.54, 1.807) is 0 Å². The summed E-state index contributed by atoms with van der Waals surface area (Å²) in [6, 6.07) is 0. The number of hydrogen-bond donors (Lipinski definition) is 1. The van der Waals surface area contributed by atoms with Crippen LogP contribution in [0, 0.1) is 11.8 Å². The fourth-order valence-electron chi connectivity index (χ4n) is 2.64. The van der Waals surface area contributed by atoms with Crippen LogP contribution < -0.4 is 5.73 Å². The van der Waals surface area contributed by atoms with Crippen molar-refractivity contribution in [3.8, 4) is 0 Å². The number of rotatable bonds is 3. The van der Waals surface area contributed by atoms with Gasteiger partial charge in [-0.3, -0.25) is 0 Å². The highest BCUT2D eigenvalue weighted by atomic mass is 19.1. The lowest BCUT2D eigenvalue weighted by molar-refractivity contribution is 0.0673. The van der Waals surface area contributed by atoms with Crippen molar-refractivity contribution in [3.63, 3.8) is 0 Å². The van der Waals surface area contributed by atoms with Crippen LogP contribution in [0.3, 0.4) is 0 Å². The average molecular weight is 171 g/mol. The van der Waals surface area contributed by atoms with Gasteiger partial charge in [0, 0.05) is 6.54 Å². The second kappa shape index (κ2) is 2.99. The van der Waals surface area contributed by atoms with Crippen LogP contribution in [-0.4, -0.2) is 12.2 Å². The second-order valence-electron chi connectivity index (χ2n) is 4.39. The van der Waals surface area contributed by atoms with E-state index in [4.69, 9.17) is 5.73 Å². The third-order valence-electron chi connectivity index (χ3n) is 3.60. The highest BCUT2D eigenvalue weighted by Crippen LogP contribution is 2.50. The molecule has 0 spiro atoms. The van der Waals surface area contributed by atoms with Crippen LogP contribution in [0.25, 0.3) is 0 Å². The van der Waals surface area contributed by atoms with E-state index >= 15 is 0 Å². The molecule has 0 aromatic carbocycles. The lowest BCUT2D eigenvalue weighted by atomic mass is 9.83. The lowest BCUT2D eigenvalue weighted by Gasteiger charge is -2.30. The van der Waals surface area contributed by atoms with Crippen LogP contribution in [0.1, 0.15) is 38.5 Å². The number of nitrogens with two attached hydrogens (primary N) is 1. The Morgan fingerprint density at radius 2 is 1.58 bits per heavy atom. The van der Waals surface area contributed by atoms with Crippen molar-refractivity contribution in [2.24, 2.45) is 17.6 Å². The number of halogens is 1.